The van der Waals surface area contributed by atoms with E-state index in [9.17, 15) is 13.6 Å². The van der Waals surface area contributed by atoms with Crippen molar-refractivity contribution in [3.8, 4) is 0 Å². The summed E-state index contributed by atoms with van der Waals surface area (Å²) in [6, 6.07) is 6.24. The maximum atomic E-state index is 13.6. The SMILES string of the molecule is O=C(Cc1nc2cnc3[nH]ccc3c2n1C1CCN(Cc2cccnc2)CC1)N1CCC(F)(F)CC1. The summed E-state index contributed by atoms with van der Waals surface area (Å²) in [5.74, 6) is -2.14. The minimum Gasteiger partial charge on any atom is -0.346 e. The number of piperidine rings is 2. The normalized spacial score (nSPS) is 19.3. The molecule has 2 saturated heterocycles. The molecule has 1 amide bonds. The molecular formula is C26H29F2N7O. The second kappa shape index (κ2) is 9.24. The molecule has 6 heterocycles. The molecule has 36 heavy (non-hydrogen) atoms. The van der Waals surface area contributed by atoms with E-state index in [2.05, 4.69) is 30.5 Å². The number of aromatic nitrogens is 5. The lowest BCUT2D eigenvalue weighted by Gasteiger charge is -2.34. The summed E-state index contributed by atoms with van der Waals surface area (Å²) in [7, 11) is 0. The van der Waals surface area contributed by atoms with Gasteiger partial charge >= 0.3 is 0 Å². The second-order valence-corrected chi connectivity index (χ2v) is 9.91. The minimum absolute atomic E-state index is 0.0857. The predicted molar refractivity (Wildman–Crippen MR) is 132 cm³/mol. The Bertz CT molecular complexity index is 1370. The van der Waals surface area contributed by atoms with Crippen LogP contribution in [0.1, 0.15) is 43.1 Å². The van der Waals surface area contributed by atoms with Crippen LogP contribution in [0.2, 0.25) is 0 Å². The highest BCUT2D eigenvalue weighted by Crippen LogP contribution is 2.33. The molecule has 6 rings (SSSR count). The second-order valence-electron chi connectivity index (χ2n) is 9.91. The number of aromatic amines is 1. The Morgan fingerprint density at radius 1 is 1.11 bits per heavy atom. The third-order valence-corrected chi connectivity index (χ3v) is 7.52. The first kappa shape index (κ1) is 23.0. The van der Waals surface area contributed by atoms with Crippen LogP contribution in [0, 0.1) is 0 Å². The molecule has 188 valence electrons. The van der Waals surface area contributed by atoms with E-state index < -0.39 is 5.92 Å². The van der Waals surface area contributed by atoms with Crippen LogP contribution in [0.3, 0.4) is 0 Å². The number of carbonyl (C=O) groups is 1. The summed E-state index contributed by atoms with van der Waals surface area (Å²) >= 11 is 0. The number of carbonyl (C=O) groups excluding carboxylic acids is 1. The number of likely N-dealkylation sites (tertiary alicyclic amines) is 2. The zero-order valence-corrected chi connectivity index (χ0v) is 20.0. The number of rotatable bonds is 5. The van der Waals surface area contributed by atoms with Gasteiger partial charge < -0.3 is 14.5 Å². The molecule has 2 aliphatic heterocycles. The predicted octanol–water partition coefficient (Wildman–Crippen LogP) is 3.94. The van der Waals surface area contributed by atoms with Gasteiger partial charge in [-0.1, -0.05) is 6.07 Å². The lowest BCUT2D eigenvalue weighted by atomic mass is 10.0. The van der Waals surface area contributed by atoms with Crippen molar-refractivity contribution in [3.05, 3.63) is 54.4 Å². The molecule has 10 heteroatoms. The number of halogens is 2. The van der Waals surface area contributed by atoms with Crippen LogP contribution in [0.15, 0.2) is 43.0 Å². The molecule has 0 unspecified atom stereocenters. The third-order valence-electron chi connectivity index (χ3n) is 7.52. The quantitative estimate of drug-likeness (QED) is 0.455. The van der Waals surface area contributed by atoms with Crippen molar-refractivity contribution >= 4 is 28.0 Å². The smallest absolute Gasteiger partial charge is 0.251 e. The van der Waals surface area contributed by atoms with E-state index in [4.69, 9.17) is 4.98 Å². The maximum absolute atomic E-state index is 13.6. The van der Waals surface area contributed by atoms with Gasteiger partial charge in [-0.05, 0) is 30.5 Å². The molecule has 4 aromatic heterocycles. The maximum Gasteiger partial charge on any atom is 0.251 e. The largest absolute Gasteiger partial charge is 0.346 e. The van der Waals surface area contributed by atoms with Crippen LogP contribution in [0.5, 0.6) is 0 Å². The Hall–Kier alpha value is -3.40. The van der Waals surface area contributed by atoms with Crippen molar-refractivity contribution in [1.82, 2.24) is 34.3 Å². The lowest BCUT2D eigenvalue weighted by Crippen LogP contribution is -2.43. The van der Waals surface area contributed by atoms with Gasteiger partial charge in [-0.15, -0.1) is 0 Å². The molecule has 0 saturated carbocycles. The van der Waals surface area contributed by atoms with Gasteiger partial charge in [0.2, 0.25) is 5.91 Å². The number of nitrogens with zero attached hydrogens (tertiary/aromatic N) is 6. The van der Waals surface area contributed by atoms with E-state index in [-0.39, 0.29) is 44.3 Å². The fourth-order valence-electron chi connectivity index (χ4n) is 5.57. The number of nitrogens with one attached hydrogen (secondary N) is 1. The van der Waals surface area contributed by atoms with Gasteiger partial charge in [0, 0.05) is 75.6 Å². The van der Waals surface area contributed by atoms with Crippen molar-refractivity contribution in [1.29, 1.82) is 0 Å². The standard InChI is InChI=1S/C26H29F2N7O/c27-26(28)6-12-34(13-7-26)23(36)14-22-32-21-16-31-25-20(3-9-30-25)24(21)35(22)19-4-10-33(11-5-19)17-18-2-1-8-29-15-18/h1-3,8-9,15-16,19H,4-7,10-14,17H2,(H,30,31). The van der Waals surface area contributed by atoms with Crippen LogP contribution in [0.4, 0.5) is 8.78 Å². The number of imidazole rings is 1. The summed E-state index contributed by atoms with van der Waals surface area (Å²) in [6.07, 6.45) is 8.70. The number of alkyl halides is 2. The van der Waals surface area contributed by atoms with Gasteiger partial charge in [0.05, 0.1) is 18.1 Å². The van der Waals surface area contributed by atoms with Gasteiger partial charge in [-0.2, -0.15) is 0 Å². The molecule has 0 spiro atoms. The zero-order valence-electron chi connectivity index (χ0n) is 20.0. The van der Waals surface area contributed by atoms with Crippen molar-refractivity contribution in [2.45, 2.75) is 50.6 Å². The Balaban J connectivity index is 1.27. The van der Waals surface area contributed by atoms with Gasteiger partial charge in [0.25, 0.3) is 5.92 Å². The van der Waals surface area contributed by atoms with Crippen LogP contribution < -0.4 is 0 Å². The average molecular weight is 494 g/mol. The Kier molecular flexibility index (Phi) is 5.91. The summed E-state index contributed by atoms with van der Waals surface area (Å²) in [5.41, 5.74) is 3.73. The van der Waals surface area contributed by atoms with Crippen molar-refractivity contribution in [3.63, 3.8) is 0 Å². The minimum atomic E-state index is -2.68. The first-order valence-corrected chi connectivity index (χ1v) is 12.6. The molecule has 0 radical (unpaired) electrons. The number of pyridine rings is 2. The van der Waals surface area contributed by atoms with Gasteiger partial charge in [-0.3, -0.25) is 14.7 Å². The number of hydrogen-bond donors (Lipinski definition) is 1. The number of H-pyrrole nitrogens is 1. The van der Waals surface area contributed by atoms with Crippen molar-refractivity contribution < 1.29 is 13.6 Å². The Labute approximate surface area is 207 Å². The van der Waals surface area contributed by atoms with Crippen molar-refractivity contribution in [2.75, 3.05) is 26.2 Å². The zero-order chi connectivity index (χ0) is 24.7. The highest BCUT2D eigenvalue weighted by molar-refractivity contribution is 6.01. The average Bonchev–Trinajstić information content (AvgIpc) is 3.49. The number of hydrogen-bond acceptors (Lipinski definition) is 5. The molecule has 4 aromatic rings. The Morgan fingerprint density at radius 2 is 1.92 bits per heavy atom. The summed E-state index contributed by atoms with van der Waals surface area (Å²) in [4.78, 5) is 33.9. The first-order chi connectivity index (χ1) is 17.5. The van der Waals surface area contributed by atoms with Crippen LogP contribution in [-0.4, -0.2) is 72.3 Å². The highest BCUT2D eigenvalue weighted by Gasteiger charge is 2.36. The van der Waals surface area contributed by atoms with E-state index in [0.29, 0.717) is 5.82 Å². The molecule has 0 atom stereocenters. The fourth-order valence-corrected chi connectivity index (χ4v) is 5.57. The topological polar surface area (TPSA) is 82.9 Å². The van der Waals surface area contributed by atoms with E-state index in [1.165, 1.54) is 5.56 Å². The van der Waals surface area contributed by atoms with E-state index in [0.717, 1.165) is 54.5 Å². The molecule has 2 fully saturated rings. The first-order valence-electron chi connectivity index (χ1n) is 12.6. The van der Waals surface area contributed by atoms with E-state index in [1.54, 1.807) is 17.3 Å². The van der Waals surface area contributed by atoms with Gasteiger partial charge in [-0.25, -0.2) is 18.7 Å². The number of amides is 1. The van der Waals surface area contributed by atoms with Gasteiger partial charge in [0.15, 0.2) is 0 Å². The van der Waals surface area contributed by atoms with Crippen LogP contribution >= 0.6 is 0 Å². The lowest BCUT2D eigenvalue weighted by molar-refractivity contribution is -0.136. The monoisotopic (exact) mass is 493 g/mol. The fraction of sp³-hybridized carbons (Fsp3) is 0.462. The molecule has 0 bridgehead atoms. The summed E-state index contributed by atoms with van der Waals surface area (Å²) in [6.45, 7) is 2.89. The molecular weight excluding hydrogens is 464 g/mol. The molecule has 8 nitrogen and oxygen atoms in total. The highest BCUT2D eigenvalue weighted by atomic mass is 19.3. The van der Waals surface area contributed by atoms with Crippen LogP contribution in [0.25, 0.3) is 22.1 Å². The molecule has 0 aromatic carbocycles. The van der Waals surface area contributed by atoms with Gasteiger partial charge in [0.1, 0.15) is 17.0 Å². The van der Waals surface area contributed by atoms with Crippen molar-refractivity contribution in [2.24, 2.45) is 0 Å². The molecule has 0 aliphatic carbocycles. The molecule has 2 aliphatic rings. The van der Waals surface area contributed by atoms with E-state index >= 15 is 0 Å². The van der Waals surface area contributed by atoms with E-state index in [1.807, 2.05) is 24.5 Å². The molecule has 1 N–H and O–H groups in total. The third kappa shape index (κ3) is 4.45. The number of fused-ring (bicyclic) bond motifs is 3. The Morgan fingerprint density at radius 3 is 2.67 bits per heavy atom. The summed E-state index contributed by atoms with van der Waals surface area (Å²) < 4.78 is 29.5. The summed E-state index contributed by atoms with van der Waals surface area (Å²) in [5, 5.41) is 0.981. The van der Waals surface area contributed by atoms with Crippen LogP contribution in [-0.2, 0) is 17.8 Å².